The van der Waals surface area contributed by atoms with Crippen LogP contribution < -0.4 is 5.56 Å². The standard InChI is InChI=1S/C27H33N3O2/c1-17(2)14-15-29(26(31)21-11-12-21)20(5)25-28-23-9-7-6-8-22(23)27(32)30(25)24-13-10-18(3)16-19(24)4/h6-10,13,16-17,20-21H,11-12,14-15H2,1-5H3/t20-/m1/s1. The highest BCUT2D eigenvalue weighted by Crippen LogP contribution is 2.34. The summed E-state index contributed by atoms with van der Waals surface area (Å²) in [4.78, 5) is 33.9. The first kappa shape index (κ1) is 22.3. The molecule has 5 heteroatoms. The number of benzene rings is 2. The van der Waals surface area contributed by atoms with Gasteiger partial charge in [0.05, 0.1) is 22.6 Å². The molecule has 0 N–H and O–H groups in total. The molecule has 1 aliphatic rings. The fourth-order valence-corrected chi connectivity index (χ4v) is 4.32. The van der Waals surface area contributed by atoms with Crippen LogP contribution in [0.25, 0.3) is 16.6 Å². The van der Waals surface area contributed by atoms with Crippen LogP contribution in [0.3, 0.4) is 0 Å². The van der Waals surface area contributed by atoms with Gasteiger partial charge in [-0.25, -0.2) is 4.98 Å². The zero-order valence-corrected chi connectivity index (χ0v) is 19.8. The fraction of sp³-hybridized carbons (Fsp3) is 0.444. The number of fused-ring (bicyclic) bond motifs is 1. The van der Waals surface area contributed by atoms with Gasteiger partial charge >= 0.3 is 0 Å². The predicted molar refractivity (Wildman–Crippen MR) is 129 cm³/mol. The minimum absolute atomic E-state index is 0.0907. The molecule has 1 amide bonds. The topological polar surface area (TPSA) is 55.2 Å². The molecule has 1 heterocycles. The number of rotatable bonds is 7. The second-order valence-electron chi connectivity index (χ2n) is 9.58. The van der Waals surface area contributed by atoms with E-state index in [0.717, 1.165) is 36.1 Å². The molecule has 1 aliphatic carbocycles. The molecule has 4 rings (SSSR count). The quantitative estimate of drug-likeness (QED) is 0.507. The van der Waals surface area contributed by atoms with Crippen molar-refractivity contribution < 1.29 is 4.79 Å². The summed E-state index contributed by atoms with van der Waals surface area (Å²) in [7, 11) is 0. The number of carbonyl (C=O) groups excluding carboxylic acids is 1. The third-order valence-electron chi connectivity index (χ3n) is 6.39. The number of aryl methyl sites for hydroxylation is 2. The summed E-state index contributed by atoms with van der Waals surface area (Å²) in [6.45, 7) is 11.1. The molecule has 32 heavy (non-hydrogen) atoms. The third-order valence-corrected chi connectivity index (χ3v) is 6.39. The van der Waals surface area contributed by atoms with Gasteiger partial charge in [-0.3, -0.25) is 14.2 Å². The van der Waals surface area contributed by atoms with Crippen LogP contribution in [0.5, 0.6) is 0 Å². The molecular weight excluding hydrogens is 398 g/mol. The molecule has 2 aromatic carbocycles. The van der Waals surface area contributed by atoms with Crippen molar-refractivity contribution >= 4 is 16.8 Å². The molecule has 0 unspecified atom stereocenters. The lowest BCUT2D eigenvalue weighted by molar-refractivity contribution is -0.135. The Hall–Kier alpha value is -2.95. The van der Waals surface area contributed by atoms with E-state index in [4.69, 9.17) is 4.98 Å². The maximum Gasteiger partial charge on any atom is 0.266 e. The monoisotopic (exact) mass is 431 g/mol. The van der Waals surface area contributed by atoms with Crippen LogP contribution in [0, 0.1) is 25.7 Å². The highest BCUT2D eigenvalue weighted by Gasteiger charge is 2.37. The average Bonchev–Trinajstić information content (AvgIpc) is 3.59. The van der Waals surface area contributed by atoms with Gasteiger partial charge in [0.25, 0.3) is 5.56 Å². The normalized spacial score (nSPS) is 14.7. The Morgan fingerprint density at radius 3 is 2.50 bits per heavy atom. The van der Waals surface area contributed by atoms with E-state index in [-0.39, 0.29) is 23.4 Å². The van der Waals surface area contributed by atoms with Crippen LogP contribution in [0.1, 0.15) is 63.0 Å². The van der Waals surface area contributed by atoms with Crippen LogP contribution in [0.4, 0.5) is 0 Å². The molecule has 1 fully saturated rings. The van der Waals surface area contributed by atoms with E-state index >= 15 is 0 Å². The molecule has 5 nitrogen and oxygen atoms in total. The van der Waals surface area contributed by atoms with E-state index in [0.29, 0.717) is 29.2 Å². The molecular formula is C27H33N3O2. The van der Waals surface area contributed by atoms with Crippen molar-refractivity contribution in [3.8, 4) is 5.69 Å². The molecule has 168 valence electrons. The molecule has 0 spiro atoms. The van der Waals surface area contributed by atoms with E-state index in [1.165, 1.54) is 0 Å². The number of hydrogen-bond donors (Lipinski definition) is 0. The molecule has 0 saturated heterocycles. The fourth-order valence-electron chi connectivity index (χ4n) is 4.32. The molecule has 0 aliphatic heterocycles. The minimum atomic E-state index is -0.306. The number of nitrogens with zero attached hydrogens (tertiary/aromatic N) is 3. The van der Waals surface area contributed by atoms with Crippen LogP contribution >= 0.6 is 0 Å². The van der Waals surface area contributed by atoms with Gasteiger partial charge in [0.15, 0.2) is 0 Å². The van der Waals surface area contributed by atoms with Crippen LogP contribution in [0.15, 0.2) is 47.3 Å². The molecule has 1 saturated carbocycles. The van der Waals surface area contributed by atoms with Crippen molar-refractivity contribution in [2.75, 3.05) is 6.54 Å². The summed E-state index contributed by atoms with van der Waals surface area (Å²) in [5.41, 5.74) is 3.56. The van der Waals surface area contributed by atoms with Gasteiger partial charge < -0.3 is 4.90 Å². The van der Waals surface area contributed by atoms with Gasteiger partial charge in [0, 0.05) is 12.5 Å². The number of hydrogen-bond acceptors (Lipinski definition) is 3. The lowest BCUT2D eigenvalue weighted by Crippen LogP contribution is -2.39. The summed E-state index contributed by atoms with van der Waals surface area (Å²) in [6, 6.07) is 13.2. The Labute approximate surface area is 190 Å². The SMILES string of the molecule is Cc1ccc(-n2c([C@@H](C)N(CCC(C)C)C(=O)C3CC3)nc3ccccc3c2=O)c(C)c1. The largest absolute Gasteiger partial charge is 0.333 e. The average molecular weight is 432 g/mol. The first-order valence-corrected chi connectivity index (χ1v) is 11.7. The molecule has 0 bridgehead atoms. The van der Waals surface area contributed by atoms with Crippen molar-refractivity contribution in [2.45, 2.75) is 59.9 Å². The lowest BCUT2D eigenvalue weighted by atomic mass is 10.1. The molecule has 0 radical (unpaired) electrons. The van der Waals surface area contributed by atoms with Crippen molar-refractivity contribution in [3.05, 3.63) is 69.8 Å². The van der Waals surface area contributed by atoms with Crippen molar-refractivity contribution in [1.82, 2.24) is 14.5 Å². The molecule has 1 atom stereocenters. The number of aromatic nitrogens is 2. The first-order valence-electron chi connectivity index (χ1n) is 11.7. The van der Waals surface area contributed by atoms with Gasteiger partial charge in [-0.1, -0.05) is 43.7 Å². The van der Waals surface area contributed by atoms with Gasteiger partial charge in [-0.05, 0) is 69.7 Å². The Morgan fingerprint density at radius 2 is 1.84 bits per heavy atom. The van der Waals surface area contributed by atoms with Gasteiger partial charge in [0.2, 0.25) is 5.91 Å². The third kappa shape index (κ3) is 4.34. The van der Waals surface area contributed by atoms with E-state index in [9.17, 15) is 9.59 Å². The Morgan fingerprint density at radius 1 is 1.12 bits per heavy atom. The summed E-state index contributed by atoms with van der Waals surface area (Å²) in [5.74, 6) is 1.42. The maximum atomic E-state index is 13.7. The van der Waals surface area contributed by atoms with Crippen LogP contribution in [-0.2, 0) is 4.79 Å². The van der Waals surface area contributed by atoms with Crippen molar-refractivity contribution in [3.63, 3.8) is 0 Å². The molecule has 3 aromatic rings. The van der Waals surface area contributed by atoms with E-state index in [1.807, 2.05) is 62.1 Å². The van der Waals surface area contributed by atoms with E-state index < -0.39 is 0 Å². The summed E-state index contributed by atoms with van der Waals surface area (Å²) < 4.78 is 1.73. The Kier molecular flexibility index (Phi) is 6.18. The number of carbonyl (C=O) groups is 1. The van der Waals surface area contributed by atoms with Gasteiger partial charge in [-0.2, -0.15) is 0 Å². The zero-order valence-electron chi connectivity index (χ0n) is 19.8. The van der Waals surface area contributed by atoms with E-state index in [2.05, 4.69) is 19.9 Å². The molecule has 1 aromatic heterocycles. The van der Waals surface area contributed by atoms with Crippen molar-refractivity contribution in [1.29, 1.82) is 0 Å². The van der Waals surface area contributed by atoms with Crippen molar-refractivity contribution in [2.24, 2.45) is 11.8 Å². The van der Waals surface area contributed by atoms with Gasteiger partial charge in [-0.15, -0.1) is 0 Å². The lowest BCUT2D eigenvalue weighted by Gasteiger charge is -2.31. The highest BCUT2D eigenvalue weighted by molar-refractivity contribution is 5.82. The summed E-state index contributed by atoms with van der Waals surface area (Å²) in [5, 5.41) is 0.589. The zero-order chi connectivity index (χ0) is 23.0. The summed E-state index contributed by atoms with van der Waals surface area (Å²) in [6.07, 6.45) is 2.84. The predicted octanol–water partition coefficient (Wildman–Crippen LogP) is 5.35. The second kappa shape index (κ2) is 8.89. The first-order chi connectivity index (χ1) is 15.3. The summed E-state index contributed by atoms with van der Waals surface area (Å²) >= 11 is 0. The minimum Gasteiger partial charge on any atom is -0.333 e. The smallest absolute Gasteiger partial charge is 0.266 e. The second-order valence-corrected chi connectivity index (χ2v) is 9.58. The van der Waals surface area contributed by atoms with Gasteiger partial charge in [0.1, 0.15) is 5.82 Å². The Balaban J connectivity index is 1.91. The van der Waals surface area contributed by atoms with Crippen LogP contribution in [-0.4, -0.2) is 26.9 Å². The van der Waals surface area contributed by atoms with E-state index in [1.54, 1.807) is 4.57 Å². The highest BCUT2D eigenvalue weighted by atomic mass is 16.2. The number of para-hydroxylation sites is 1. The maximum absolute atomic E-state index is 13.7. The number of amides is 1. The van der Waals surface area contributed by atoms with Crippen LogP contribution in [0.2, 0.25) is 0 Å². The Bertz CT molecular complexity index is 1210.